The summed E-state index contributed by atoms with van der Waals surface area (Å²) in [5, 5.41) is 12.1. The monoisotopic (exact) mass is 419 g/mol. The highest BCUT2D eigenvalue weighted by molar-refractivity contribution is 6.37. The van der Waals surface area contributed by atoms with Crippen LogP contribution in [0.15, 0.2) is 47.3 Å². The van der Waals surface area contributed by atoms with Crippen molar-refractivity contribution in [1.82, 2.24) is 9.97 Å². The van der Waals surface area contributed by atoms with Crippen LogP contribution in [0.2, 0.25) is 10.0 Å². The van der Waals surface area contributed by atoms with Crippen LogP contribution in [0.4, 0.5) is 5.69 Å². The van der Waals surface area contributed by atoms with Crippen LogP contribution < -0.4 is 15.6 Å². The van der Waals surface area contributed by atoms with Crippen molar-refractivity contribution in [3.63, 3.8) is 0 Å². The second kappa shape index (κ2) is 8.33. The Morgan fingerprint density at radius 1 is 1.18 bits per heavy atom. The smallest absolute Gasteiger partial charge is 0.273 e. The predicted molar refractivity (Wildman–Crippen MR) is 107 cm³/mol. The minimum Gasteiger partial charge on any atom is -0.505 e. The van der Waals surface area contributed by atoms with Crippen molar-refractivity contribution in [3.05, 3.63) is 79.9 Å². The first-order chi connectivity index (χ1) is 13.4. The van der Waals surface area contributed by atoms with Crippen LogP contribution in [0.1, 0.15) is 21.9 Å². The lowest BCUT2D eigenvalue weighted by Crippen LogP contribution is -2.20. The summed E-state index contributed by atoms with van der Waals surface area (Å²) in [6.45, 7) is 0. The number of H-pyrrole nitrogens is 1. The molecule has 1 heterocycles. The fourth-order valence-corrected chi connectivity index (χ4v) is 2.97. The molecule has 1 aromatic heterocycles. The number of nitrogens with one attached hydrogen (secondary N) is 2. The molecule has 0 fully saturated rings. The molecule has 28 heavy (non-hydrogen) atoms. The third kappa shape index (κ3) is 4.62. The average molecular weight is 420 g/mol. The Morgan fingerprint density at radius 2 is 1.82 bits per heavy atom. The molecule has 9 heteroatoms. The molecule has 1 amide bonds. The fourth-order valence-electron chi connectivity index (χ4n) is 2.49. The average Bonchev–Trinajstić information content (AvgIpc) is 2.66. The van der Waals surface area contributed by atoms with Gasteiger partial charge in [-0.05, 0) is 29.8 Å². The number of halogens is 2. The molecule has 0 aliphatic carbocycles. The normalized spacial score (nSPS) is 10.5. The Kier molecular flexibility index (Phi) is 5.87. The van der Waals surface area contributed by atoms with E-state index >= 15 is 0 Å². The molecule has 0 spiro atoms. The van der Waals surface area contributed by atoms with Gasteiger partial charge < -0.3 is 20.1 Å². The molecule has 0 saturated carbocycles. The van der Waals surface area contributed by atoms with Gasteiger partial charge in [0.05, 0.1) is 17.2 Å². The van der Waals surface area contributed by atoms with E-state index in [1.165, 1.54) is 12.1 Å². The molecule has 144 valence electrons. The van der Waals surface area contributed by atoms with Gasteiger partial charge in [0.25, 0.3) is 11.5 Å². The van der Waals surface area contributed by atoms with E-state index in [9.17, 15) is 14.7 Å². The number of hydrogen-bond donors (Lipinski definition) is 3. The maximum Gasteiger partial charge on any atom is 0.273 e. The second-order valence-corrected chi connectivity index (χ2v) is 6.66. The summed E-state index contributed by atoms with van der Waals surface area (Å²) in [6.07, 6.45) is 0.331. The van der Waals surface area contributed by atoms with Crippen LogP contribution in [0.5, 0.6) is 11.5 Å². The van der Waals surface area contributed by atoms with E-state index in [0.29, 0.717) is 18.0 Å². The van der Waals surface area contributed by atoms with Crippen molar-refractivity contribution >= 4 is 34.8 Å². The van der Waals surface area contributed by atoms with Gasteiger partial charge in [-0.15, -0.1) is 0 Å². The molecule has 7 nitrogen and oxygen atoms in total. The van der Waals surface area contributed by atoms with E-state index in [1.807, 2.05) is 12.1 Å². The van der Waals surface area contributed by atoms with Gasteiger partial charge in [0.1, 0.15) is 17.3 Å². The van der Waals surface area contributed by atoms with E-state index in [1.54, 1.807) is 19.2 Å². The van der Waals surface area contributed by atoms with Crippen LogP contribution in [0, 0.1) is 0 Å². The Hall–Kier alpha value is -3.03. The van der Waals surface area contributed by atoms with E-state index in [0.717, 1.165) is 11.6 Å². The summed E-state index contributed by atoms with van der Waals surface area (Å²) < 4.78 is 5.11. The summed E-state index contributed by atoms with van der Waals surface area (Å²) in [7, 11) is 1.57. The standard InChI is InChI=1S/C19H15Cl2N3O4/c1-28-12-4-2-10(3-5-12)6-16-23-15(9-17(25)24-16)19(27)22-11-7-13(20)18(26)14(21)8-11/h2-5,7-9,26H,6H2,1H3,(H,22,27)(H,23,24,25). The predicted octanol–water partition coefficient (Wildman–Crippen LogP) is 3.63. The number of anilines is 1. The Bertz CT molecular complexity index is 1060. The molecule has 3 rings (SSSR count). The first-order valence-corrected chi connectivity index (χ1v) is 8.84. The van der Waals surface area contributed by atoms with Crippen molar-refractivity contribution < 1.29 is 14.6 Å². The molecule has 2 aromatic carbocycles. The zero-order valence-electron chi connectivity index (χ0n) is 14.6. The first-order valence-electron chi connectivity index (χ1n) is 8.08. The molecule has 0 saturated heterocycles. The van der Waals surface area contributed by atoms with Crippen molar-refractivity contribution in [2.24, 2.45) is 0 Å². The van der Waals surface area contributed by atoms with Crippen LogP contribution >= 0.6 is 23.2 Å². The van der Waals surface area contributed by atoms with E-state index in [-0.39, 0.29) is 27.2 Å². The number of amides is 1. The Labute approximate surface area is 169 Å². The second-order valence-electron chi connectivity index (χ2n) is 5.85. The Morgan fingerprint density at radius 3 is 2.43 bits per heavy atom. The van der Waals surface area contributed by atoms with Crippen molar-refractivity contribution in [3.8, 4) is 11.5 Å². The fraction of sp³-hybridized carbons (Fsp3) is 0.105. The quantitative estimate of drug-likeness (QED) is 0.547. The number of rotatable bonds is 5. The van der Waals surface area contributed by atoms with Gasteiger partial charge in [-0.3, -0.25) is 9.59 Å². The van der Waals surface area contributed by atoms with Gasteiger partial charge in [0.15, 0.2) is 5.75 Å². The number of hydrogen-bond acceptors (Lipinski definition) is 5. The summed E-state index contributed by atoms with van der Waals surface area (Å²) in [6, 6.07) is 11.1. The lowest BCUT2D eigenvalue weighted by molar-refractivity contribution is 0.102. The van der Waals surface area contributed by atoms with Crippen LogP contribution in [-0.4, -0.2) is 28.1 Å². The molecule has 0 bridgehead atoms. The first kappa shape index (κ1) is 19.7. The summed E-state index contributed by atoms with van der Waals surface area (Å²) in [5.41, 5.74) is 0.642. The van der Waals surface area contributed by atoms with Crippen LogP contribution in [0.3, 0.4) is 0 Å². The third-order valence-electron chi connectivity index (χ3n) is 3.84. The van der Waals surface area contributed by atoms with Crippen molar-refractivity contribution in [1.29, 1.82) is 0 Å². The molecular weight excluding hydrogens is 405 g/mol. The lowest BCUT2D eigenvalue weighted by atomic mass is 10.1. The largest absolute Gasteiger partial charge is 0.505 e. The molecule has 0 unspecified atom stereocenters. The minimum atomic E-state index is -0.576. The van der Waals surface area contributed by atoms with Crippen LogP contribution in [-0.2, 0) is 6.42 Å². The van der Waals surface area contributed by atoms with Gasteiger partial charge in [0.2, 0.25) is 0 Å². The maximum atomic E-state index is 12.5. The number of phenolic OH excluding ortho intramolecular Hbond substituents is 1. The number of aromatic nitrogens is 2. The highest BCUT2D eigenvalue weighted by Crippen LogP contribution is 2.34. The van der Waals surface area contributed by atoms with E-state index < -0.39 is 11.5 Å². The van der Waals surface area contributed by atoms with Gasteiger partial charge >= 0.3 is 0 Å². The summed E-state index contributed by atoms with van der Waals surface area (Å²) in [4.78, 5) is 31.1. The number of nitrogens with zero attached hydrogens (tertiary/aromatic N) is 1. The SMILES string of the molecule is COc1ccc(Cc2nc(=O)cc(C(=O)Nc3cc(Cl)c(O)c(Cl)c3)[nH]2)cc1. The number of ether oxygens (including phenoxy) is 1. The number of aromatic amines is 1. The molecule has 0 aliphatic rings. The lowest BCUT2D eigenvalue weighted by Gasteiger charge is -2.09. The molecule has 0 atom stereocenters. The third-order valence-corrected chi connectivity index (χ3v) is 4.42. The highest BCUT2D eigenvalue weighted by atomic mass is 35.5. The molecule has 3 N–H and O–H groups in total. The minimum absolute atomic E-state index is 0.00813. The molecule has 0 aliphatic heterocycles. The highest BCUT2D eigenvalue weighted by Gasteiger charge is 2.13. The van der Waals surface area contributed by atoms with Crippen molar-refractivity contribution in [2.75, 3.05) is 12.4 Å². The summed E-state index contributed by atoms with van der Waals surface area (Å²) in [5.74, 6) is 0.197. The topological polar surface area (TPSA) is 104 Å². The molecule has 3 aromatic rings. The number of carbonyl (C=O) groups excluding carboxylic acids is 1. The zero-order chi connectivity index (χ0) is 20.3. The Balaban J connectivity index is 1.82. The van der Waals surface area contributed by atoms with Crippen molar-refractivity contribution in [2.45, 2.75) is 6.42 Å². The van der Waals surface area contributed by atoms with Gasteiger partial charge in [-0.25, -0.2) is 0 Å². The van der Waals surface area contributed by atoms with E-state index in [4.69, 9.17) is 27.9 Å². The maximum absolute atomic E-state index is 12.5. The van der Waals surface area contributed by atoms with E-state index in [2.05, 4.69) is 15.3 Å². The number of aromatic hydroxyl groups is 1. The van der Waals surface area contributed by atoms with Crippen LogP contribution in [0.25, 0.3) is 0 Å². The van der Waals surface area contributed by atoms with Gasteiger partial charge in [-0.2, -0.15) is 4.98 Å². The summed E-state index contributed by atoms with van der Waals surface area (Å²) >= 11 is 11.7. The molecule has 0 radical (unpaired) electrons. The van der Waals surface area contributed by atoms with Gasteiger partial charge in [0, 0.05) is 18.2 Å². The number of benzene rings is 2. The number of methoxy groups -OCH3 is 1. The number of carbonyl (C=O) groups is 1. The number of phenols is 1. The zero-order valence-corrected chi connectivity index (χ0v) is 16.1. The van der Waals surface area contributed by atoms with Gasteiger partial charge in [-0.1, -0.05) is 35.3 Å². The molecular formula is C19H15Cl2N3O4.